The molecule has 0 fully saturated rings. The summed E-state index contributed by atoms with van der Waals surface area (Å²) >= 11 is 0. The van der Waals surface area contributed by atoms with Gasteiger partial charge in [0.15, 0.2) is 0 Å². The zero-order valence-electron chi connectivity index (χ0n) is 8.54. The molecule has 1 aliphatic rings. The number of hydrogen-bond acceptors (Lipinski definition) is 6. The molecule has 6 nitrogen and oxygen atoms in total. The standard InChI is InChI=1S/C10H12N6/c11-10-13-14-15-16(10)12-8-4-7-9-5-2-1-3-6-9/h1-8,14-15H,(H2,11,13)/b7-4+,12-8+. The van der Waals surface area contributed by atoms with Gasteiger partial charge in [0, 0.05) is 6.21 Å². The summed E-state index contributed by atoms with van der Waals surface area (Å²) in [5.74, 6) is 0.268. The normalized spacial score (nSPS) is 15.8. The Balaban J connectivity index is 1.90. The Kier molecular flexibility index (Phi) is 3.15. The minimum atomic E-state index is 0.268. The van der Waals surface area contributed by atoms with Crippen molar-refractivity contribution in [1.82, 2.24) is 16.2 Å². The van der Waals surface area contributed by atoms with Gasteiger partial charge < -0.3 is 5.73 Å². The second-order valence-corrected chi connectivity index (χ2v) is 3.04. The molecule has 0 spiro atoms. The highest BCUT2D eigenvalue weighted by atomic mass is 15.9. The summed E-state index contributed by atoms with van der Waals surface area (Å²) in [6.07, 6.45) is 5.39. The summed E-state index contributed by atoms with van der Waals surface area (Å²) in [6.45, 7) is 0. The summed E-state index contributed by atoms with van der Waals surface area (Å²) < 4.78 is 0. The lowest BCUT2D eigenvalue weighted by atomic mass is 10.2. The van der Waals surface area contributed by atoms with Crippen LogP contribution in [0.2, 0.25) is 0 Å². The first-order valence-electron chi connectivity index (χ1n) is 4.76. The van der Waals surface area contributed by atoms with Crippen LogP contribution in [0.1, 0.15) is 5.56 Å². The monoisotopic (exact) mass is 216 g/mol. The predicted octanol–water partition coefficient (Wildman–Crippen LogP) is 0.240. The van der Waals surface area contributed by atoms with Crippen LogP contribution >= 0.6 is 0 Å². The molecule has 0 radical (unpaired) electrons. The molecule has 2 rings (SSSR count). The van der Waals surface area contributed by atoms with E-state index in [1.165, 1.54) is 5.12 Å². The molecule has 0 aliphatic carbocycles. The first-order valence-corrected chi connectivity index (χ1v) is 4.76. The van der Waals surface area contributed by atoms with E-state index in [4.69, 9.17) is 5.73 Å². The van der Waals surface area contributed by atoms with Crippen molar-refractivity contribution < 1.29 is 0 Å². The van der Waals surface area contributed by atoms with E-state index in [1.807, 2.05) is 42.5 Å². The lowest BCUT2D eigenvalue weighted by Crippen LogP contribution is -2.39. The van der Waals surface area contributed by atoms with Gasteiger partial charge in [-0.25, -0.2) is 5.53 Å². The number of allylic oxidation sites excluding steroid dienone is 1. The average molecular weight is 216 g/mol. The Bertz CT molecular complexity index is 422. The number of guanidine groups is 1. The highest BCUT2D eigenvalue weighted by Gasteiger charge is 2.09. The van der Waals surface area contributed by atoms with Gasteiger partial charge in [-0.3, -0.25) is 0 Å². The molecular formula is C10H12N6. The molecule has 0 saturated carbocycles. The quantitative estimate of drug-likeness (QED) is 0.632. The Labute approximate surface area is 93.1 Å². The van der Waals surface area contributed by atoms with Crippen LogP contribution in [-0.4, -0.2) is 17.3 Å². The maximum atomic E-state index is 5.49. The van der Waals surface area contributed by atoms with Gasteiger partial charge in [-0.1, -0.05) is 36.4 Å². The van der Waals surface area contributed by atoms with Gasteiger partial charge in [0.05, 0.1) is 0 Å². The number of hydrazone groups is 2. The van der Waals surface area contributed by atoms with Crippen LogP contribution in [0, 0.1) is 0 Å². The molecule has 4 N–H and O–H groups in total. The van der Waals surface area contributed by atoms with Gasteiger partial charge in [-0.15, -0.1) is 15.8 Å². The van der Waals surface area contributed by atoms with E-state index in [1.54, 1.807) is 6.21 Å². The van der Waals surface area contributed by atoms with Gasteiger partial charge >= 0.3 is 0 Å². The Hall–Kier alpha value is -2.34. The zero-order valence-corrected chi connectivity index (χ0v) is 8.54. The number of nitrogens with two attached hydrogens (primary N) is 1. The van der Waals surface area contributed by atoms with E-state index < -0.39 is 0 Å². The molecule has 0 unspecified atom stereocenters. The molecule has 82 valence electrons. The summed E-state index contributed by atoms with van der Waals surface area (Å²) in [5, 5.41) is 9.02. The Morgan fingerprint density at radius 2 is 2.12 bits per heavy atom. The van der Waals surface area contributed by atoms with Crippen molar-refractivity contribution in [2.24, 2.45) is 15.9 Å². The van der Waals surface area contributed by atoms with E-state index in [-0.39, 0.29) is 5.96 Å². The lowest BCUT2D eigenvalue weighted by molar-refractivity contribution is 0.307. The maximum Gasteiger partial charge on any atom is 0.252 e. The first-order chi connectivity index (χ1) is 7.86. The predicted molar refractivity (Wildman–Crippen MR) is 63.7 cm³/mol. The smallest absolute Gasteiger partial charge is 0.252 e. The summed E-state index contributed by atoms with van der Waals surface area (Å²) in [4.78, 5) is 0. The first kappa shape index (κ1) is 10.2. The summed E-state index contributed by atoms with van der Waals surface area (Å²) in [7, 11) is 0. The average Bonchev–Trinajstić information content (AvgIpc) is 2.72. The number of hydrogen-bond donors (Lipinski definition) is 3. The van der Waals surface area contributed by atoms with Crippen molar-refractivity contribution in [2.75, 3.05) is 0 Å². The molecular weight excluding hydrogens is 204 g/mol. The van der Waals surface area contributed by atoms with Crippen molar-refractivity contribution >= 4 is 18.3 Å². The van der Waals surface area contributed by atoms with Crippen LogP contribution in [0.15, 0.2) is 46.6 Å². The third kappa shape index (κ3) is 2.58. The number of nitrogens with zero attached hydrogens (tertiary/aromatic N) is 3. The van der Waals surface area contributed by atoms with Crippen LogP contribution in [0.5, 0.6) is 0 Å². The van der Waals surface area contributed by atoms with E-state index in [9.17, 15) is 0 Å². The molecule has 0 bridgehead atoms. The van der Waals surface area contributed by atoms with Crippen molar-refractivity contribution in [1.29, 1.82) is 0 Å². The molecule has 6 heteroatoms. The molecule has 1 aliphatic heterocycles. The van der Waals surface area contributed by atoms with Crippen molar-refractivity contribution in [3.05, 3.63) is 42.0 Å². The minimum Gasteiger partial charge on any atom is -0.366 e. The fraction of sp³-hybridized carbons (Fsp3) is 0. The molecule has 1 aromatic carbocycles. The van der Waals surface area contributed by atoms with E-state index in [0.29, 0.717) is 0 Å². The minimum absolute atomic E-state index is 0.268. The van der Waals surface area contributed by atoms with Crippen LogP contribution in [0.4, 0.5) is 0 Å². The SMILES string of the molecule is NC1=NNNN1/N=C/C=C/c1ccccc1. The third-order valence-electron chi connectivity index (χ3n) is 1.90. The molecule has 0 atom stereocenters. The highest BCUT2D eigenvalue weighted by Crippen LogP contribution is 1.99. The van der Waals surface area contributed by atoms with Crippen molar-refractivity contribution in [2.45, 2.75) is 0 Å². The Morgan fingerprint density at radius 3 is 2.81 bits per heavy atom. The molecule has 0 saturated heterocycles. The number of hydrazine groups is 2. The summed E-state index contributed by atoms with van der Waals surface area (Å²) in [6, 6.07) is 9.95. The maximum absolute atomic E-state index is 5.49. The topological polar surface area (TPSA) is 78.0 Å². The number of benzene rings is 1. The molecule has 16 heavy (non-hydrogen) atoms. The van der Waals surface area contributed by atoms with Gasteiger partial charge in [0.25, 0.3) is 5.96 Å². The molecule has 1 heterocycles. The summed E-state index contributed by atoms with van der Waals surface area (Å²) in [5.41, 5.74) is 11.7. The molecule has 0 aromatic heterocycles. The molecule has 0 amide bonds. The lowest BCUT2D eigenvalue weighted by Gasteiger charge is -2.06. The number of rotatable bonds is 3. The second-order valence-electron chi connectivity index (χ2n) is 3.04. The molecule has 1 aromatic rings. The van der Waals surface area contributed by atoms with Gasteiger partial charge in [-0.05, 0) is 11.6 Å². The van der Waals surface area contributed by atoms with E-state index in [0.717, 1.165) is 5.56 Å². The van der Waals surface area contributed by atoms with Crippen LogP contribution < -0.4 is 16.8 Å². The van der Waals surface area contributed by atoms with Crippen molar-refractivity contribution in [3.8, 4) is 0 Å². The third-order valence-corrected chi connectivity index (χ3v) is 1.90. The van der Waals surface area contributed by atoms with Crippen LogP contribution in [0.25, 0.3) is 6.08 Å². The van der Waals surface area contributed by atoms with Crippen LogP contribution in [-0.2, 0) is 0 Å². The second kappa shape index (κ2) is 4.94. The fourth-order valence-corrected chi connectivity index (χ4v) is 1.15. The largest absolute Gasteiger partial charge is 0.366 e. The fourth-order valence-electron chi connectivity index (χ4n) is 1.15. The zero-order chi connectivity index (χ0) is 11.2. The van der Waals surface area contributed by atoms with Crippen LogP contribution in [0.3, 0.4) is 0 Å². The van der Waals surface area contributed by atoms with E-state index >= 15 is 0 Å². The van der Waals surface area contributed by atoms with Crippen molar-refractivity contribution in [3.63, 3.8) is 0 Å². The highest BCUT2D eigenvalue weighted by molar-refractivity contribution is 5.82. The Morgan fingerprint density at radius 1 is 1.31 bits per heavy atom. The van der Waals surface area contributed by atoms with Gasteiger partial charge in [-0.2, -0.15) is 5.10 Å². The van der Waals surface area contributed by atoms with Gasteiger partial charge in [0.2, 0.25) is 0 Å². The van der Waals surface area contributed by atoms with Gasteiger partial charge in [0.1, 0.15) is 0 Å². The van der Waals surface area contributed by atoms with E-state index in [2.05, 4.69) is 21.3 Å². The number of nitrogens with one attached hydrogen (secondary N) is 2.